The van der Waals surface area contributed by atoms with E-state index in [2.05, 4.69) is 4.99 Å². The molecule has 0 radical (unpaired) electrons. The number of aliphatic imine (C=N–C) groups is 1. The summed E-state index contributed by atoms with van der Waals surface area (Å²) in [5.74, 6) is -4.74. The summed E-state index contributed by atoms with van der Waals surface area (Å²) in [7, 11) is -4.07. The van der Waals surface area contributed by atoms with Crippen LogP contribution in [0.3, 0.4) is 0 Å². The molecule has 2 aromatic carbocycles. The summed E-state index contributed by atoms with van der Waals surface area (Å²) >= 11 is 0. The maximum Gasteiger partial charge on any atom is 0.304 e. The van der Waals surface area contributed by atoms with Crippen molar-refractivity contribution in [3.63, 3.8) is 0 Å². The molecule has 1 heterocycles. The Morgan fingerprint density at radius 1 is 1.09 bits per heavy atom. The number of ether oxygens (including phenoxy) is 1. The number of halogens is 3. The number of nitrogens with zero attached hydrogens (tertiary/aromatic N) is 1. The van der Waals surface area contributed by atoms with E-state index < -0.39 is 38.6 Å². The second-order valence-electron chi connectivity index (χ2n) is 10.5. The summed E-state index contributed by atoms with van der Waals surface area (Å²) in [5, 5.41) is 0. The van der Waals surface area contributed by atoms with Crippen LogP contribution in [0.5, 0.6) is 0 Å². The van der Waals surface area contributed by atoms with Gasteiger partial charge in [0.15, 0.2) is 5.54 Å². The summed E-state index contributed by atoms with van der Waals surface area (Å²) in [4.78, 5) is 3.89. The number of rotatable bonds is 5. The molecule has 1 aliphatic heterocycles. The van der Waals surface area contributed by atoms with Crippen LogP contribution in [0.15, 0.2) is 52.4 Å². The molecular formula is C25H31F3N2O4S. The molecule has 6 nitrogen and oxygen atoms in total. The highest BCUT2D eigenvalue weighted by Crippen LogP contribution is 2.51. The first-order chi connectivity index (χ1) is 15.9. The monoisotopic (exact) mass is 512 g/mol. The zero-order valence-electron chi connectivity index (χ0n) is 20.7. The van der Waals surface area contributed by atoms with E-state index in [0.29, 0.717) is 11.1 Å². The molecule has 0 saturated carbocycles. The molecule has 2 aromatic rings. The first kappa shape index (κ1) is 27.2. The van der Waals surface area contributed by atoms with Gasteiger partial charge in [-0.3, -0.25) is 9.18 Å². The number of amidine groups is 1. The fourth-order valence-corrected chi connectivity index (χ4v) is 4.94. The van der Waals surface area contributed by atoms with E-state index in [1.807, 2.05) is 20.8 Å². The lowest BCUT2D eigenvalue weighted by molar-refractivity contribution is -0.214. The molecule has 0 aliphatic carbocycles. The molecule has 0 fully saturated rings. The van der Waals surface area contributed by atoms with Gasteiger partial charge in [-0.25, -0.2) is 13.2 Å². The third kappa shape index (κ3) is 5.24. The van der Waals surface area contributed by atoms with E-state index in [4.69, 9.17) is 14.7 Å². The average Bonchev–Trinajstić information content (AvgIpc) is 2.81. The first-order valence-electron chi connectivity index (χ1n) is 11.1. The molecule has 1 unspecified atom stereocenters. The van der Waals surface area contributed by atoms with Gasteiger partial charge in [-0.2, -0.15) is 8.42 Å². The Bertz CT molecular complexity index is 1250. The van der Waals surface area contributed by atoms with Crippen LogP contribution < -0.4 is 5.73 Å². The standard InChI is InChI=1S/C25H31F3N2O4S/c1-22(2,3)15-34-35(31,32)18-9-7-8-16(12-18)17-10-11-20(26)19(13-17)24(6)25(27,28)23(4,5)33-14-21(29)30-24/h7-13H,14-15H2,1-6H3,(H2,29,30). The van der Waals surface area contributed by atoms with Crippen molar-refractivity contribution in [2.75, 3.05) is 13.2 Å². The van der Waals surface area contributed by atoms with Gasteiger partial charge in [0, 0.05) is 5.56 Å². The van der Waals surface area contributed by atoms with Crippen molar-refractivity contribution in [3.05, 3.63) is 53.8 Å². The van der Waals surface area contributed by atoms with Crippen molar-refractivity contribution in [1.82, 2.24) is 0 Å². The third-order valence-electron chi connectivity index (χ3n) is 5.91. The number of alkyl halides is 2. The Kier molecular flexibility index (Phi) is 6.91. The van der Waals surface area contributed by atoms with Crippen LogP contribution >= 0.6 is 0 Å². The predicted octanol–water partition coefficient (Wildman–Crippen LogP) is 5.26. The zero-order chi connectivity index (χ0) is 26.4. The number of hydrogen-bond acceptors (Lipinski definition) is 6. The lowest BCUT2D eigenvalue weighted by Crippen LogP contribution is -2.56. The SMILES string of the molecule is CC(C)(C)COS(=O)(=O)c1cccc(-c2ccc(F)c(C3(C)N=C(N)COC(C)(C)C3(F)F)c2)c1. The van der Waals surface area contributed by atoms with E-state index in [1.165, 1.54) is 44.2 Å². The van der Waals surface area contributed by atoms with E-state index in [-0.39, 0.29) is 29.4 Å². The molecule has 192 valence electrons. The smallest absolute Gasteiger partial charge is 0.304 e. The normalized spacial score (nSPS) is 22.4. The van der Waals surface area contributed by atoms with Crippen LogP contribution in [0.2, 0.25) is 0 Å². The maximum absolute atomic E-state index is 15.7. The van der Waals surface area contributed by atoms with Crippen molar-refractivity contribution in [1.29, 1.82) is 0 Å². The Labute approximate surface area is 204 Å². The van der Waals surface area contributed by atoms with Gasteiger partial charge in [0.25, 0.3) is 10.1 Å². The number of nitrogens with two attached hydrogens (primary N) is 1. The van der Waals surface area contributed by atoms with Crippen LogP contribution in [0.4, 0.5) is 13.2 Å². The minimum absolute atomic E-state index is 0.0228. The van der Waals surface area contributed by atoms with Gasteiger partial charge in [-0.15, -0.1) is 0 Å². The van der Waals surface area contributed by atoms with Crippen LogP contribution in [0, 0.1) is 11.2 Å². The van der Waals surface area contributed by atoms with E-state index >= 15 is 13.2 Å². The van der Waals surface area contributed by atoms with Crippen LogP contribution in [-0.2, 0) is 24.6 Å². The maximum atomic E-state index is 15.7. The second-order valence-corrected chi connectivity index (χ2v) is 12.2. The largest absolute Gasteiger partial charge is 0.385 e. The third-order valence-corrected chi connectivity index (χ3v) is 7.17. The fraction of sp³-hybridized carbons (Fsp3) is 0.480. The van der Waals surface area contributed by atoms with E-state index in [0.717, 1.165) is 13.0 Å². The van der Waals surface area contributed by atoms with Gasteiger partial charge in [0.1, 0.15) is 23.9 Å². The van der Waals surface area contributed by atoms with Gasteiger partial charge >= 0.3 is 5.92 Å². The summed E-state index contributed by atoms with van der Waals surface area (Å²) in [6.07, 6.45) is 0. The van der Waals surface area contributed by atoms with Crippen molar-refractivity contribution in [2.45, 2.75) is 63.5 Å². The van der Waals surface area contributed by atoms with Crippen molar-refractivity contribution in [2.24, 2.45) is 16.1 Å². The van der Waals surface area contributed by atoms with Crippen molar-refractivity contribution < 1.29 is 30.5 Å². The topological polar surface area (TPSA) is 91.0 Å². The molecule has 3 rings (SSSR count). The van der Waals surface area contributed by atoms with Crippen LogP contribution in [0.1, 0.15) is 47.1 Å². The van der Waals surface area contributed by atoms with E-state index in [1.54, 1.807) is 6.07 Å². The van der Waals surface area contributed by atoms with Crippen LogP contribution in [-0.4, -0.2) is 39.0 Å². The number of hydrogen-bond donors (Lipinski definition) is 1. The summed E-state index contributed by atoms with van der Waals surface area (Å²) < 4.78 is 82.3. The number of benzene rings is 2. The molecule has 1 aliphatic rings. The lowest BCUT2D eigenvalue weighted by atomic mass is 9.77. The minimum Gasteiger partial charge on any atom is -0.385 e. The molecule has 0 spiro atoms. The highest BCUT2D eigenvalue weighted by Gasteiger charge is 2.63. The second kappa shape index (κ2) is 8.90. The molecule has 10 heteroatoms. The van der Waals surface area contributed by atoms with Gasteiger partial charge < -0.3 is 10.5 Å². The van der Waals surface area contributed by atoms with Gasteiger partial charge in [0.05, 0.1) is 11.5 Å². The molecule has 1 atom stereocenters. The van der Waals surface area contributed by atoms with Gasteiger partial charge in [-0.05, 0) is 61.6 Å². The Balaban J connectivity index is 2.11. The van der Waals surface area contributed by atoms with Gasteiger partial charge in [0.2, 0.25) is 0 Å². The molecule has 0 amide bonds. The highest BCUT2D eigenvalue weighted by atomic mass is 32.2. The molecular weight excluding hydrogens is 481 g/mol. The lowest BCUT2D eigenvalue weighted by Gasteiger charge is -2.42. The summed E-state index contributed by atoms with van der Waals surface area (Å²) in [6.45, 7) is 8.68. The van der Waals surface area contributed by atoms with Crippen LogP contribution in [0.25, 0.3) is 11.1 Å². The molecule has 35 heavy (non-hydrogen) atoms. The Morgan fingerprint density at radius 3 is 2.34 bits per heavy atom. The Morgan fingerprint density at radius 2 is 1.71 bits per heavy atom. The Hall–Kier alpha value is -2.43. The van der Waals surface area contributed by atoms with Crippen molar-refractivity contribution >= 4 is 16.0 Å². The van der Waals surface area contributed by atoms with Gasteiger partial charge in [-0.1, -0.05) is 39.0 Å². The predicted molar refractivity (Wildman–Crippen MR) is 128 cm³/mol. The first-order valence-corrected chi connectivity index (χ1v) is 12.5. The quantitative estimate of drug-likeness (QED) is 0.552. The molecule has 2 N–H and O–H groups in total. The highest BCUT2D eigenvalue weighted by molar-refractivity contribution is 7.86. The molecule has 0 aromatic heterocycles. The average molecular weight is 513 g/mol. The van der Waals surface area contributed by atoms with E-state index in [9.17, 15) is 8.42 Å². The van der Waals surface area contributed by atoms with Crippen molar-refractivity contribution in [3.8, 4) is 11.1 Å². The summed E-state index contributed by atoms with van der Waals surface area (Å²) in [5.41, 5.74) is 1.36. The zero-order valence-corrected chi connectivity index (χ0v) is 21.5. The minimum atomic E-state index is -4.07. The fourth-order valence-electron chi connectivity index (χ4n) is 3.78. The molecule has 0 saturated heterocycles. The summed E-state index contributed by atoms with van der Waals surface area (Å²) in [6, 6.07) is 9.49. The molecule has 0 bridgehead atoms.